The second-order valence-corrected chi connectivity index (χ2v) is 7.60. The van der Waals surface area contributed by atoms with Crippen LogP contribution in [0.4, 0.5) is 0 Å². The van der Waals surface area contributed by atoms with Gasteiger partial charge in [0.2, 0.25) is 0 Å². The van der Waals surface area contributed by atoms with Gasteiger partial charge in [0.1, 0.15) is 0 Å². The second kappa shape index (κ2) is 11.3. The molecule has 1 rings (SSSR count). The van der Waals surface area contributed by atoms with Crippen molar-refractivity contribution in [2.24, 2.45) is 11.8 Å². The molecule has 0 heteroatoms. The van der Waals surface area contributed by atoms with E-state index in [2.05, 4.69) is 71.5 Å². The molecule has 24 heavy (non-hydrogen) atoms. The predicted octanol–water partition coefficient (Wildman–Crippen LogP) is 7.98. The van der Waals surface area contributed by atoms with Crippen LogP contribution in [0.3, 0.4) is 0 Å². The lowest BCUT2D eigenvalue weighted by atomic mass is 9.91. The topological polar surface area (TPSA) is 0 Å². The smallest absolute Gasteiger partial charge is 0.0228 e. The molecule has 0 bridgehead atoms. The molecule has 0 aliphatic heterocycles. The molecule has 0 aromatic heterocycles. The van der Waals surface area contributed by atoms with E-state index in [0.717, 1.165) is 5.92 Å². The monoisotopic (exact) mass is 326 g/mol. The molecular formula is C24H38. The van der Waals surface area contributed by atoms with E-state index >= 15 is 0 Å². The van der Waals surface area contributed by atoms with Gasteiger partial charge < -0.3 is 0 Å². The summed E-state index contributed by atoms with van der Waals surface area (Å²) in [6.07, 6.45) is 11.3. The van der Waals surface area contributed by atoms with Crippen molar-refractivity contribution in [2.45, 2.75) is 79.6 Å². The fourth-order valence-electron chi connectivity index (χ4n) is 3.12. The molecule has 0 saturated carbocycles. The summed E-state index contributed by atoms with van der Waals surface area (Å²) in [5.41, 5.74) is 5.69. The van der Waals surface area contributed by atoms with Crippen molar-refractivity contribution >= 4 is 5.57 Å². The fourth-order valence-corrected chi connectivity index (χ4v) is 3.12. The molecule has 0 heterocycles. The molecule has 0 saturated heterocycles. The van der Waals surface area contributed by atoms with Gasteiger partial charge in [-0.15, -0.1) is 6.58 Å². The van der Waals surface area contributed by atoms with Crippen molar-refractivity contribution in [3.05, 3.63) is 53.6 Å². The quantitative estimate of drug-likeness (QED) is 0.285. The lowest BCUT2D eigenvalue weighted by Gasteiger charge is -2.15. The fraction of sp³-hybridized carbons (Fsp3) is 0.583. The summed E-state index contributed by atoms with van der Waals surface area (Å²) in [5.74, 6) is 1.57. The molecule has 0 N–H and O–H groups in total. The first-order chi connectivity index (χ1) is 11.5. The van der Waals surface area contributed by atoms with Crippen molar-refractivity contribution in [2.75, 3.05) is 0 Å². The Hall–Kier alpha value is -1.30. The van der Waals surface area contributed by atoms with Gasteiger partial charge in [-0.3, -0.25) is 0 Å². The van der Waals surface area contributed by atoms with E-state index in [9.17, 15) is 0 Å². The molecule has 0 aliphatic carbocycles. The highest BCUT2D eigenvalue weighted by atomic mass is 14.1. The third kappa shape index (κ3) is 7.51. The molecule has 1 aromatic carbocycles. The number of benzene rings is 1. The van der Waals surface area contributed by atoms with E-state index in [1.165, 1.54) is 67.2 Å². The highest BCUT2D eigenvalue weighted by Crippen LogP contribution is 2.24. The van der Waals surface area contributed by atoms with Crippen LogP contribution in [0, 0.1) is 18.8 Å². The molecule has 134 valence electrons. The van der Waals surface area contributed by atoms with Crippen LogP contribution in [0.25, 0.3) is 5.57 Å². The van der Waals surface area contributed by atoms with Crippen LogP contribution in [0.1, 0.15) is 83.8 Å². The van der Waals surface area contributed by atoms with Gasteiger partial charge in [0.25, 0.3) is 0 Å². The Bertz CT molecular complexity index is 503. The predicted molar refractivity (Wildman–Crippen MR) is 110 cm³/mol. The van der Waals surface area contributed by atoms with E-state index in [1.54, 1.807) is 0 Å². The average molecular weight is 327 g/mol. The molecule has 0 radical (unpaired) electrons. The van der Waals surface area contributed by atoms with E-state index in [4.69, 9.17) is 0 Å². The number of rotatable bonds is 11. The van der Waals surface area contributed by atoms with Crippen LogP contribution in [-0.4, -0.2) is 0 Å². The average Bonchev–Trinajstić information content (AvgIpc) is 2.60. The molecular weight excluding hydrogens is 288 g/mol. The molecule has 0 fully saturated rings. The van der Waals surface area contributed by atoms with Crippen molar-refractivity contribution in [1.29, 1.82) is 0 Å². The number of unbranched alkanes of at least 4 members (excludes halogenated alkanes) is 1. The molecule has 0 spiro atoms. The molecule has 1 aromatic rings. The molecule has 2 unspecified atom stereocenters. The van der Waals surface area contributed by atoms with Gasteiger partial charge in [0, 0.05) is 0 Å². The highest BCUT2D eigenvalue weighted by Gasteiger charge is 2.07. The first-order valence-corrected chi connectivity index (χ1v) is 9.83. The summed E-state index contributed by atoms with van der Waals surface area (Å²) in [4.78, 5) is 0. The minimum Gasteiger partial charge on any atom is -0.103 e. The molecule has 0 aliphatic rings. The first-order valence-electron chi connectivity index (χ1n) is 9.83. The van der Waals surface area contributed by atoms with Gasteiger partial charge in [-0.05, 0) is 69.4 Å². The highest BCUT2D eigenvalue weighted by molar-refractivity contribution is 5.66. The first kappa shape index (κ1) is 20.7. The Labute approximate surface area is 151 Å². The Kier molecular flexibility index (Phi) is 9.76. The Morgan fingerprint density at radius 2 is 1.71 bits per heavy atom. The summed E-state index contributed by atoms with van der Waals surface area (Å²) >= 11 is 0. The van der Waals surface area contributed by atoms with Gasteiger partial charge in [-0.25, -0.2) is 0 Å². The number of allylic oxidation sites excluding steroid dienone is 3. The van der Waals surface area contributed by atoms with Crippen LogP contribution < -0.4 is 0 Å². The SMILES string of the molecule is C=CC(CCCC/C(C)=C(/C)c1ccc(C)cc1)CCC(C)CC. The van der Waals surface area contributed by atoms with Crippen LogP contribution in [0.2, 0.25) is 0 Å². The Morgan fingerprint density at radius 3 is 2.29 bits per heavy atom. The van der Waals surface area contributed by atoms with E-state index in [1.807, 2.05) is 0 Å². The summed E-state index contributed by atoms with van der Waals surface area (Å²) in [6.45, 7) is 15.4. The van der Waals surface area contributed by atoms with Crippen molar-refractivity contribution in [3.8, 4) is 0 Å². The van der Waals surface area contributed by atoms with Crippen molar-refractivity contribution < 1.29 is 0 Å². The molecule has 2 atom stereocenters. The van der Waals surface area contributed by atoms with Crippen LogP contribution >= 0.6 is 0 Å². The zero-order valence-corrected chi connectivity index (χ0v) is 16.7. The summed E-state index contributed by atoms with van der Waals surface area (Å²) < 4.78 is 0. The van der Waals surface area contributed by atoms with Gasteiger partial charge in [0.05, 0.1) is 0 Å². The number of aryl methyl sites for hydroxylation is 1. The van der Waals surface area contributed by atoms with E-state index in [0.29, 0.717) is 5.92 Å². The maximum absolute atomic E-state index is 4.04. The van der Waals surface area contributed by atoms with Gasteiger partial charge in [0.15, 0.2) is 0 Å². The number of hydrogen-bond acceptors (Lipinski definition) is 0. The molecule has 0 nitrogen and oxygen atoms in total. The minimum absolute atomic E-state index is 0.710. The van der Waals surface area contributed by atoms with Crippen molar-refractivity contribution in [3.63, 3.8) is 0 Å². The second-order valence-electron chi connectivity index (χ2n) is 7.60. The summed E-state index contributed by atoms with van der Waals surface area (Å²) in [7, 11) is 0. The van der Waals surface area contributed by atoms with E-state index in [-0.39, 0.29) is 0 Å². The maximum atomic E-state index is 4.04. The Balaban J connectivity index is 2.38. The van der Waals surface area contributed by atoms with Gasteiger partial charge in [-0.2, -0.15) is 0 Å². The standard InChI is InChI=1S/C24H38/c1-7-19(3)13-16-23(8-2)12-10-9-11-21(5)22(6)24-17-14-20(4)15-18-24/h8,14-15,17-19,23H,2,7,9-13,16H2,1,3-6H3/b22-21-. The van der Waals surface area contributed by atoms with Crippen LogP contribution in [0.15, 0.2) is 42.5 Å². The lowest BCUT2D eigenvalue weighted by Crippen LogP contribution is -2.01. The summed E-state index contributed by atoms with van der Waals surface area (Å²) in [5, 5.41) is 0. The third-order valence-electron chi connectivity index (χ3n) is 5.56. The molecule has 0 amide bonds. The summed E-state index contributed by atoms with van der Waals surface area (Å²) in [6, 6.07) is 8.91. The van der Waals surface area contributed by atoms with Crippen LogP contribution in [0.5, 0.6) is 0 Å². The van der Waals surface area contributed by atoms with Crippen molar-refractivity contribution in [1.82, 2.24) is 0 Å². The largest absolute Gasteiger partial charge is 0.103 e. The lowest BCUT2D eigenvalue weighted by molar-refractivity contribution is 0.422. The zero-order chi connectivity index (χ0) is 17.9. The third-order valence-corrected chi connectivity index (χ3v) is 5.56. The normalized spacial score (nSPS) is 14.9. The van der Waals surface area contributed by atoms with E-state index < -0.39 is 0 Å². The van der Waals surface area contributed by atoms with Crippen LogP contribution in [-0.2, 0) is 0 Å². The van der Waals surface area contributed by atoms with Gasteiger partial charge in [-0.1, -0.05) is 74.6 Å². The number of hydrogen-bond donors (Lipinski definition) is 0. The maximum Gasteiger partial charge on any atom is -0.0228 e. The Morgan fingerprint density at radius 1 is 1.04 bits per heavy atom. The zero-order valence-electron chi connectivity index (χ0n) is 16.7. The van der Waals surface area contributed by atoms with Gasteiger partial charge >= 0.3 is 0 Å². The minimum atomic E-state index is 0.710.